The van der Waals surface area contributed by atoms with Crippen LogP contribution in [0.15, 0.2) is 21.6 Å². The molecule has 2 nitrogen and oxygen atoms in total. The minimum absolute atomic E-state index is 0.0835. The zero-order chi connectivity index (χ0) is 12.3. The van der Waals surface area contributed by atoms with E-state index in [0.717, 1.165) is 24.0 Å². The molecule has 17 heavy (non-hydrogen) atoms. The van der Waals surface area contributed by atoms with Crippen LogP contribution in [0.4, 0.5) is 0 Å². The normalized spacial score (nSPS) is 39.1. The Labute approximate surface area is 106 Å². The van der Waals surface area contributed by atoms with Gasteiger partial charge in [-0.2, -0.15) is 10.5 Å². The Kier molecular flexibility index (Phi) is 2.04. The van der Waals surface area contributed by atoms with E-state index in [1.807, 2.05) is 11.8 Å². The van der Waals surface area contributed by atoms with Crippen LogP contribution in [0, 0.1) is 28.1 Å². The molecule has 0 N–H and O–H groups in total. The summed E-state index contributed by atoms with van der Waals surface area (Å²) in [6.07, 6.45) is 4.57. The van der Waals surface area contributed by atoms with Gasteiger partial charge in [0, 0.05) is 5.41 Å². The third kappa shape index (κ3) is 0.941. The van der Waals surface area contributed by atoms with E-state index in [2.05, 4.69) is 26.0 Å². The highest BCUT2D eigenvalue weighted by Crippen LogP contribution is 2.74. The van der Waals surface area contributed by atoms with E-state index in [4.69, 9.17) is 0 Å². The van der Waals surface area contributed by atoms with Crippen molar-refractivity contribution in [1.29, 1.82) is 10.5 Å². The van der Waals surface area contributed by atoms with Crippen molar-refractivity contribution in [3.63, 3.8) is 0 Å². The Hall–Kier alpha value is -1.19. The fraction of sp³-hybridized carbons (Fsp3) is 0.571. The third-order valence-corrected chi connectivity index (χ3v) is 6.23. The summed E-state index contributed by atoms with van der Waals surface area (Å²) in [4.78, 5) is 1.35. The molecule has 0 saturated heterocycles. The Morgan fingerprint density at radius 3 is 2.53 bits per heavy atom. The SMILES string of the molecule is CC1=C2CCCCC23C(C#N)=C(C#N)C3(C)S1. The maximum atomic E-state index is 9.38. The van der Waals surface area contributed by atoms with Crippen molar-refractivity contribution in [2.24, 2.45) is 5.41 Å². The van der Waals surface area contributed by atoms with Crippen molar-refractivity contribution >= 4 is 11.8 Å². The number of nitriles is 2. The molecule has 0 aromatic heterocycles. The molecule has 0 amide bonds. The van der Waals surface area contributed by atoms with Crippen LogP contribution < -0.4 is 0 Å². The summed E-state index contributed by atoms with van der Waals surface area (Å²) in [6, 6.07) is 4.59. The molecule has 1 saturated carbocycles. The van der Waals surface area contributed by atoms with Crippen LogP contribution in [0.3, 0.4) is 0 Å². The maximum absolute atomic E-state index is 9.38. The van der Waals surface area contributed by atoms with Crippen molar-refractivity contribution < 1.29 is 0 Å². The van der Waals surface area contributed by atoms with Crippen molar-refractivity contribution in [1.82, 2.24) is 0 Å². The summed E-state index contributed by atoms with van der Waals surface area (Å²) in [5, 5.41) is 18.7. The maximum Gasteiger partial charge on any atom is 0.0973 e. The molecule has 2 atom stereocenters. The van der Waals surface area contributed by atoms with Crippen LogP contribution in [0.1, 0.15) is 39.5 Å². The predicted octanol–water partition coefficient (Wildman–Crippen LogP) is 3.68. The average molecular weight is 242 g/mol. The highest BCUT2D eigenvalue weighted by molar-refractivity contribution is 8.05. The molecule has 3 heteroatoms. The minimum atomic E-state index is -0.146. The van der Waals surface area contributed by atoms with E-state index < -0.39 is 0 Å². The number of hydrogen-bond donors (Lipinski definition) is 0. The monoisotopic (exact) mass is 242 g/mol. The van der Waals surface area contributed by atoms with Crippen LogP contribution in [-0.2, 0) is 0 Å². The van der Waals surface area contributed by atoms with Crippen molar-refractivity contribution in [2.45, 2.75) is 44.3 Å². The first kappa shape index (κ1) is 10.9. The zero-order valence-corrected chi connectivity index (χ0v) is 10.9. The smallest absolute Gasteiger partial charge is 0.0973 e. The van der Waals surface area contributed by atoms with Gasteiger partial charge < -0.3 is 0 Å². The molecule has 1 fully saturated rings. The molecule has 1 aliphatic heterocycles. The Morgan fingerprint density at radius 2 is 1.88 bits per heavy atom. The summed E-state index contributed by atoms with van der Waals surface area (Å²) in [6.45, 7) is 4.31. The van der Waals surface area contributed by atoms with Gasteiger partial charge in [-0.05, 0) is 43.6 Å². The summed E-state index contributed by atoms with van der Waals surface area (Å²) < 4.78 is -0.146. The van der Waals surface area contributed by atoms with E-state index in [9.17, 15) is 10.5 Å². The lowest BCUT2D eigenvalue weighted by Gasteiger charge is -2.54. The average Bonchev–Trinajstić information content (AvgIpc) is 2.52. The quantitative estimate of drug-likeness (QED) is 0.651. The van der Waals surface area contributed by atoms with E-state index in [0.29, 0.717) is 0 Å². The van der Waals surface area contributed by atoms with Crippen LogP contribution in [0.2, 0.25) is 0 Å². The summed E-state index contributed by atoms with van der Waals surface area (Å²) in [5.41, 5.74) is 2.86. The lowest BCUT2D eigenvalue weighted by atomic mass is 9.49. The van der Waals surface area contributed by atoms with Crippen LogP contribution in [-0.4, -0.2) is 4.75 Å². The van der Waals surface area contributed by atoms with Gasteiger partial charge in [0.15, 0.2) is 0 Å². The molecule has 3 aliphatic rings. The van der Waals surface area contributed by atoms with Gasteiger partial charge in [0.2, 0.25) is 0 Å². The second-order valence-corrected chi connectivity index (χ2v) is 6.89. The first-order valence-electron chi connectivity index (χ1n) is 6.06. The van der Waals surface area contributed by atoms with Gasteiger partial charge in [-0.3, -0.25) is 0 Å². The van der Waals surface area contributed by atoms with Crippen LogP contribution >= 0.6 is 11.8 Å². The molecule has 1 heterocycles. The number of hydrogen-bond acceptors (Lipinski definition) is 3. The zero-order valence-electron chi connectivity index (χ0n) is 10.1. The van der Waals surface area contributed by atoms with Gasteiger partial charge in [0.05, 0.1) is 28.0 Å². The van der Waals surface area contributed by atoms with Gasteiger partial charge in [0.25, 0.3) is 0 Å². The highest BCUT2D eigenvalue weighted by Gasteiger charge is 2.68. The van der Waals surface area contributed by atoms with E-state index in [1.54, 1.807) is 0 Å². The molecule has 86 valence electrons. The Bertz CT molecular complexity index is 558. The molecule has 2 unspecified atom stereocenters. The van der Waals surface area contributed by atoms with Crippen molar-refractivity contribution in [3.05, 3.63) is 21.6 Å². The highest BCUT2D eigenvalue weighted by atomic mass is 32.2. The van der Waals surface area contributed by atoms with Gasteiger partial charge in [0.1, 0.15) is 0 Å². The van der Waals surface area contributed by atoms with Gasteiger partial charge >= 0.3 is 0 Å². The van der Waals surface area contributed by atoms with Gasteiger partial charge in [-0.25, -0.2) is 0 Å². The molecule has 0 aromatic rings. The number of rotatable bonds is 0. The molecule has 0 bridgehead atoms. The Balaban J connectivity index is 2.25. The first-order chi connectivity index (χ1) is 8.11. The van der Waals surface area contributed by atoms with E-state index in [1.165, 1.54) is 23.3 Å². The minimum Gasteiger partial charge on any atom is -0.193 e. The molecule has 3 rings (SSSR count). The topological polar surface area (TPSA) is 47.6 Å². The molecule has 0 aromatic carbocycles. The van der Waals surface area contributed by atoms with Crippen LogP contribution in [0.5, 0.6) is 0 Å². The molecular weight excluding hydrogens is 228 g/mol. The largest absolute Gasteiger partial charge is 0.193 e. The number of allylic oxidation sites excluding steroid dienone is 3. The lowest BCUT2D eigenvalue weighted by Crippen LogP contribution is -2.54. The van der Waals surface area contributed by atoms with Crippen LogP contribution in [0.25, 0.3) is 0 Å². The molecular formula is C14H14N2S. The fourth-order valence-corrected chi connectivity index (χ4v) is 5.76. The van der Waals surface area contributed by atoms with Crippen molar-refractivity contribution in [2.75, 3.05) is 0 Å². The van der Waals surface area contributed by atoms with Gasteiger partial charge in [-0.15, -0.1) is 11.8 Å². The lowest BCUT2D eigenvalue weighted by molar-refractivity contribution is 0.253. The Morgan fingerprint density at radius 1 is 1.18 bits per heavy atom. The molecule has 2 aliphatic carbocycles. The summed E-state index contributed by atoms with van der Waals surface area (Å²) >= 11 is 1.81. The molecule has 0 radical (unpaired) electrons. The van der Waals surface area contributed by atoms with Crippen molar-refractivity contribution in [3.8, 4) is 12.1 Å². The number of thioether (sulfide) groups is 1. The molecule has 1 spiro atoms. The standard InChI is InChI=1S/C14H14N2S/c1-9-10-5-3-4-6-14(10)12(8-16)11(7-15)13(14,2)17-9/h3-6H2,1-2H3. The summed E-state index contributed by atoms with van der Waals surface area (Å²) in [7, 11) is 0. The number of nitrogens with zero attached hydrogens (tertiary/aromatic N) is 2. The fourth-order valence-electron chi connectivity index (χ4n) is 4.00. The second kappa shape index (κ2) is 3.18. The second-order valence-electron chi connectivity index (χ2n) is 5.26. The predicted molar refractivity (Wildman–Crippen MR) is 67.8 cm³/mol. The van der Waals surface area contributed by atoms with E-state index >= 15 is 0 Å². The van der Waals surface area contributed by atoms with E-state index in [-0.39, 0.29) is 10.2 Å². The van der Waals surface area contributed by atoms with Gasteiger partial charge in [-0.1, -0.05) is 6.42 Å². The first-order valence-corrected chi connectivity index (χ1v) is 6.88. The third-order valence-electron chi connectivity index (χ3n) is 4.72. The summed E-state index contributed by atoms with van der Waals surface area (Å²) in [5.74, 6) is 0.